The summed E-state index contributed by atoms with van der Waals surface area (Å²) in [5.74, 6) is 2.63. The van der Waals surface area contributed by atoms with Crippen LogP contribution >= 0.6 is 0 Å². The third-order valence-electron chi connectivity index (χ3n) is 6.02. The molecule has 2 aliphatic rings. The second kappa shape index (κ2) is 6.55. The van der Waals surface area contributed by atoms with Crippen molar-refractivity contribution >= 4 is 10.8 Å². The van der Waals surface area contributed by atoms with Gasteiger partial charge in [0.2, 0.25) is 0 Å². The number of ether oxygens (including phenoxy) is 1. The molecule has 2 aromatic carbocycles. The van der Waals surface area contributed by atoms with Crippen LogP contribution < -0.4 is 4.74 Å². The van der Waals surface area contributed by atoms with Crippen LogP contribution in [0.3, 0.4) is 0 Å². The first-order valence-corrected chi connectivity index (χ1v) is 9.51. The Morgan fingerprint density at radius 1 is 0.783 bits per heavy atom. The Kier molecular flexibility index (Phi) is 4.29. The molecular weight excluding hydrogens is 280 g/mol. The first kappa shape index (κ1) is 15.1. The van der Waals surface area contributed by atoms with Crippen molar-refractivity contribution in [3.63, 3.8) is 0 Å². The van der Waals surface area contributed by atoms with E-state index < -0.39 is 0 Å². The Hall–Kier alpha value is -1.50. The summed E-state index contributed by atoms with van der Waals surface area (Å²) >= 11 is 0. The molecule has 0 amide bonds. The fourth-order valence-corrected chi connectivity index (χ4v) is 4.69. The summed E-state index contributed by atoms with van der Waals surface area (Å²) in [6.07, 6.45) is 11.0. The van der Waals surface area contributed by atoms with Crippen LogP contribution in [0.5, 0.6) is 5.75 Å². The molecule has 2 saturated carbocycles. The van der Waals surface area contributed by atoms with E-state index in [4.69, 9.17) is 4.74 Å². The molecule has 0 radical (unpaired) electrons. The molecule has 4 rings (SSSR count). The van der Waals surface area contributed by atoms with Gasteiger partial charge in [-0.25, -0.2) is 0 Å². The van der Waals surface area contributed by atoms with Gasteiger partial charge in [0.15, 0.2) is 0 Å². The van der Waals surface area contributed by atoms with Crippen molar-refractivity contribution in [3.8, 4) is 5.75 Å². The zero-order valence-electron chi connectivity index (χ0n) is 14.3. The third kappa shape index (κ3) is 2.98. The predicted molar refractivity (Wildman–Crippen MR) is 97.2 cm³/mol. The molecule has 0 spiro atoms. The van der Waals surface area contributed by atoms with Crippen LogP contribution in [-0.2, 0) is 0 Å². The summed E-state index contributed by atoms with van der Waals surface area (Å²) in [5, 5.41) is 2.73. The quantitative estimate of drug-likeness (QED) is 0.632. The summed E-state index contributed by atoms with van der Waals surface area (Å²) in [4.78, 5) is 0. The number of fused-ring (bicyclic) bond motifs is 1. The normalized spacial score (nSPS) is 25.8. The van der Waals surface area contributed by atoms with Crippen molar-refractivity contribution in [2.75, 3.05) is 0 Å². The molecule has 2 aromatic rings. The molecule has 0 aromatic heterocycles. The Morgan fingerprint density at radius 3 is 2.30 bits per heavy atom. The van der Waals surface area contributed by atoms with Gasteiger partial charge in [0, 0.05) is 5.39 Å². The highest BCUT2D eigenvalue weighted by molar-refractivity contribution is 5.91. The zero-order valence-corrected chi connectivity index (χ0v) is 14.3. The molecule has 23 heavy (non-hydrogen) atoms. The number of hydrogen-bond acceptors (Lipinski definition) is 1. The van der Waals surface area contributed by atoms with Crippen LogP contribution in [0.2, 0.25) is 0 Å². The molecule has 0 aliphatic heterocycles. The second-order valence-electron chi connectivity index (χ2n) is 7.59. The van der Waals surface area contributed by atoms with E-state index in [1.807, 2.05) is 0 Å². The van der Waals surface area contributed by atoms with Crippen molar-refractivity contribution in [2.45, 2.75) is 70.3 Å². The largest absolute Gasteiger partial charge is 0.490 e. The van der Waals surface area contributed by atoms with Gasteiger partial charge in [-0.2, -0.15) is 0 Å². The highest BCUT2D eigenvalue weighted by atomic mass is 16.5. The van der Waals surface area contributed by atoms with E-state index in [0.717, 1.165) is 17.6 Å². The fourth-order valence-electron chi connectivity index (χ4n) is 4.69. The molecule has 2 unspecified atom stereocenters. The van der Waals surface area contributed by atoms with Gasteiger partial charge in [-0.3, -0.25) is 0 Å². The van der Waals surface area contributed by atoms with Gasteiger partial charge in [0.05, 0.1) is 6.10 Å². The van der Waals surface area contributed by atoms with E-state index in [2.05, 4.69) is 43.3 Å². The van der Waals surface area contributed by atoms with Crippen LogP contribution in [0.4, 0.5) is 0 Å². The maximum Gasteiger partial charge on any atom is 0.127 e. The second-order valence-corrected chi connectivity index (χ2v) is 7.59. The molecule has 1 nitrogen and oxygen atoms in total. The molecule has 2 fully saturated rings. The monoisotopic (exact) mass is 308 g/mol. The van der Waals surface area contributed by atoms with Gasteiger partial charge in [0.25, 0.3) is 0 Å². The van der Waals surface area contributed by atoms with Gasteiger partial charge < -0.3 is 4.74 Å². The fraction of sp³-hybridized carbons (Fsp3) is 0.545. The van der Waals surface area contributed by atoms with Crippen molar-refractivity contribution < 1.29 is 4.74 Å². The molecule has 2 atom stereocenters. The lowest BCUT2D eigenvalue weighted by molar-refractivity contribution is 0.157. The summed E-state index contributed by atoms with van der Waals surface area (Å²) in [6.45, 7) is 2.42. The van der Waals surface area contributed by atoms with E-state index in [9.17, 15) is 0 Å². The van der Waals surface area contributed by atoms with Crippen LogP contribution in [0.15, 0.2) is 36.4 Å². The lowest BCUT2D eigenvalue weighted by Crippen LogP contribution is -2.19. The molecular formula is C22H28O. The summed E-state index contributed by atoms with van der Waals surface area (Å²) in [7, 11) is 0. The zero-order chi connectivity index (χ0) is 15.6. The van der Waals surface area contributed by atoms with Gasteiger partial charge >= 0.3 is 0 Å². The maximum atomic E-state index is 6.41. The molecule has 0 saturated heterocycles. The van der Waals surface area contributed by atoms with Crippen LogP contribution in [0.25, 0.3) is 10.8 Å². The third-order valence-corrected chi connectivity index (χ3v) is 6.02. The Bertz CT molecular complexity index is 669. The van der Waals surface area contributed by atoms with Crippen molar-refractivity contribution in [3.05, 3.63) is 42.0 Å². The van der Waals surface area contributed by atoms with Crippen LogP contribution in [0.1, 0.15) is 69.8 Å². The minimum absolute atomic E-state index is 0.420. The van der Waals surface area contributed by atoms with E-state index in [1.165, 1.54) is 62.1 Å². The van der Waals surface area contributed by atoms with E-state index >= 15 is 0 Å². The van der Waals surface area contributed by atoms with Gasteiger partial charge in [-0.1, -0.05) is 56.5 Å². The van der Waals surface area contributed by atoms with Crippen LogP contribution in [-0.4, -0.2) is 6.10 Å². The van der Waals surface area contributed by atoms with Crippen LogP contribution in [0, 0.1) is 5.92 Å². The molecule has 0 N–H and O–H groups in total. The highest BCUT2D eigenvalue weighted by Gasteiger charge is 2.27. The molecule has 2 aliphatic carbocycles. The standard InChI is InChI=1S/C22H28O/c1-16-8-7-13-18(16)20-14-15-22(21-12-6-5-11-19(20)21)23-17-9-3-2-4-10-17/h5-6,11-12,14-18H,2-4,7-10,13H2,1H3. The Balaban J connectivity index is 1.70. The van der Waals surface area contributed by atoms with Gasteiger partial charge in [0.1, 0.15) is 5.75 Å². The predicted octanol–water partition coefficient (Wildman–Crippen LogP) is 6.45. The summed E-state index contributed by atoms with van der Waals surface area (Å²) in [5.41, 5.74) is 1.54. The Labute approximate surface area is 140 Å². The number of hydrogen-bond donors (Lipinski definition) is 0. The van der Waals surface area contributed by atoms with Crippen molar-refractivity contribution in [1.82, 2.24) is 0 Å². The van der Waals surface area contributed by atoms with E-state index in [1.54, 1.807) is 5.56 Å². The average Bonchev–Trinajstić information content (AvgIpc) is 3.02. The first-order chi connectivity index (χ1) is 11.3. The average molecular weight is 308 g/mol. The smallest absolute Gasteiger partial charge is 0.127 e. The highest BCUT2D eigenvalue weighted by Crippen LogP contribution is 2.43. The molecule has 0 heterocycles. The van der Waals surface area contributed by atoms with Gasteiger partial charge in [-0.15, -0.1) is 0 Å². The number of benzene rings is 2. The van der Waals surface area contributed by atoms with E-state index in [0.29, 0.717) is 6.10 Å². The number of rotatable bonds is 3. The lowest BCUT2D eigenvalue weighted by atomic mass is 9.86. The minimum Gasteiger partial charge on any atom is -0.490 e. The van der Waals surface area contributed by atoms with Crippen molar-refractivity contribution in [1.29, 1.82) is 0 Å². The topological polar surface area (TPSA) is 9.23 Å². The molecule has 122 valence electrons. The SMILES string of the molecule is CC1CCCC1c1ccc(OC2CCCCC2)c2ccccc12. The lowest BCUT2D eigenvalue weighted by Gasteiger charge is -2.25. The Morgan fingerprint density at radius 2 is 1.57 bits per heavy atom. The summed E-state index contributed by atoms with van der Waals surface area (Å²) in [6, 6.07) is 13.5. The molecule has 0 bridgehead atoms. The van der Waals surface area contributed by atoms with E-state index in [-0.39, 0.29) is 0 Å². The maximum absolute atomic E-state index is 6.41. The van der Waals surface area contributed by atoms with Crippen molar-refractivity contribution in [2.24, 2.45) is 5.92 Å². The summed E-state index contributed by atoms with van der Waals surface area (Å²) < 4.78 is 6.41. The van der Waals surface area contributed by atoms with Gasteiger partial charge in [-0.05, 0) is 61.0 Å². The minimum atomic E-state index is 0.420. The first-order valence-electron chi connectivity index (χ1n) is 9.51. The molecule has 1 heteroatoms.